The fourth-order valence-electron chi connectivity index (χ4n) is 3.59. The highest BCUT2D eigenvalue weighted by Gasteiger charge is 2.22. The zero-order valence-electron chi connectivity index (χ0n) is 14.4. The predicted molar refractivity (Wildman–Crippen MR) is 91.9 cm³/mol. The second kappa shape index (κ2) is 7.35. The summed E-state index contributed by atoms with van der Waals surface area (Å²) in [7, 11) is 3.62. The number of amides is 1. The number of carbonyl (C=O) groups is 1. The lowest BCUT2D eigenvalue weighted by Gasteiger charge is -2.23. The highest BCUT2D eigenvalue weighted by Crippen LogP contribution is 2.36. The standard InChI is InChI=1S/C19H28N2O2/c1-21(2)19(22)9-10-20-17-8-5-11-23-18-13-15-7-4-3-6-14(15)12-16(17)18/h12-13,17,20H,3-11H2,1-2H3. The van der Waals surface area contributed by atoms with Gasteiger partial charge in [0.25, 0.3) is 0 Å². The van der Waals surface area contributed by atoms with Gasteiger partial charge >= 0.3 is 0 Å². The quantitative estimate of drug-likeness (QED) is 0.929. The molecule has 0 aromatic heterocycles. The molecule has 1 aliphatic carbocycles. The Morgan fingerprint density at radius 2 is 1.96 bits per heavy atom. The molecule has 1 atom stereocenters. The maximum atomic E-state index is 11.8. The van der Waals surface area contributed by atoms with Crippen molar-refractivity contribution in [3.05, 3.63) is 28.8 Å². The molecule has 1 aromatic rings. The summed E-state index contributed by atoms with van der Waals surface area (Å²) in [6, 6.07) is 4.93. The molecule has 0 saturated carbocycles. The van der Waals surface area contributed by atoms with Crippen LogP contribution in [0.15, 0.2) is 12.1 Å². The third-order valence-corrected chi connectivity index (χ3v) is 4.97. The van der Waals surface area contributed by atoms with Crippen LogP contribution in [-0.2, 0) is 17.6 Å². The lowest BCUT2D eigenvalue weighted by molar-refractivity contribution is -0.128. The molecule has 4 nitrogen and oxygen atoms in total. The van der Waals surface area contributed by atoms with Crippen LogP contribution in [0.5, 0.6) is 5.75 Å². The Morgan fingerprint density at radius 1 is 1.22 bits per heavy atom. The Balaban J connectivity index is 1.73. The Hall–Kier alpha value is -1.55. The lowest BCUT2D eigenvalue weighted by Crippen LogP contribution is -2.29. The van der Waals surface area contributed by atoms with E-state index in [1.165, 1.54) is 42.4 Å². The summed E-state index contributed by atoms with van der Waals surface area (Å²) in [6.07, 6.45) is 7.63. The molecule has 0 radical (unpaired) electrons. The number of fused-ring (bicyclic) bond motifs is 2. The summed E-state index contributed by atoms with van der Waals surface area (Å²) in [5.74, 6) is 1.23. The van der Waals surface area contributed by atoms with Gasteiger partial charge in [-0.1, -0.05) is 6.07 Å². The van der Waals surface area contributed by atoms with Crippen LogP contribution < -0.4 is 10.1 Å². The summed E-state index contributed by atoms with van der Waals surface area (Å²) >= 11 is 0. The van der Waals surface area contributed by atoms with Crippen LogP contribution in [0.3, 0.4) is 0 Å². The molecular weight excluding hydrogens is 288 g/mol. The average molecular weight is 316 g/mol. The minimum Gasteiger partial charge on any atom is -0.493 e. The van der Waals surface area contributed by atoms with E-state index in [1.54, 1.807) is 4.90 Å². The fraction of sp³-hybridized carbons (Fsp3) is 0.632. The predicted octanol–water partition coefficient (Wildman–Crippen LogP) is 2.85. The normalized spacial score (nSPS) is 20.0. The average Bonchev–Trinajstić information content (AvgIpc) is 2.74. The van der Waals surface area contributed by atoms with Crippen molar-refractivity contribution in [2.45, 2.75) is 51.0 Å². The van der Waals surface area contributed by atoms with Crippen LogP contribution in [0.25, 0.3) is 0 Å². The minimum absolute atomic E-state index is 0.174. The Morgan fingerprint density at radius 3 is 2.70 bits per heavy atom. The molecule has 0 fully saturated rings. The number of nitrogens with one attached hydrogen (secondary N) is 1. The van der Waals surface area contributed by atoms with Crippen LogP contribution in [0.1, 0.15) is 54.8 Å². The van der Waals surface area contributed by atoms with Crippen molar-refractivity contribution in [3.8, 4) is 5.75 Å². The summed E-state index contributed by atoms with van der Waals surface area (Å²) < 4.78 is 6.00. The van der Waals surface area contributed by atoms with Crippen molar-refractivity contribution in [1.29, 1.82) is 0 Å². The van der Waals surface area contributed by atoms with E-state index in [4.69, 9.17) is 4.74 Å². The molecule has 1 heterocycles. The second-order valence-electron chi connectivity index (χ2n) is 6.90. The highest BCUT2D eigenvalue weighted by atomic mass is 16.5. The van der Waals surface area contributed by atoms with Gasteiger partial charge in [-0.25, -0.2) is 0 Å². The van der Waals surface area contributed by atoms with Gasteiger partial charge in [0.15, 0.2) is 0 Å². The van der Waals surface area contributed by atoms with Gasteiger partial charge in [0.2, 0.25) is 5.91 Å². The molecule has 0 spiro atoms. The Bertz CT molecular complexity index is 569. The molecule has 1 unspecified atom stereocenters. The maximum Gasteiger partial charge on any atom is 0.223 e. The minimum atomic E-state index is 0.174. The van der Waals surface area contributed by atoms with Crippen LogP contribution in [0.4, 0.5) is 0 Å². The smallest absolute Gasteiger partial charge is 0.223 e. The van der Waals surface area contributed by atoms with Crippen LogP contribution in [-0.4, -0.2) is 38.1 Å². The van der Waals surface area contributed by atoms with Gasteiger partial charge in [-0.15, -0.1) is 0 Å². The summed E-state index contributed by atoms with van der Waals surface area (Å²) in [5, 5.41) is 3.58. The highest BCUT2D eigenvalue weighted by molar-refractivity contribution is 5.75. The largest absolute Gasteiger partial charge is 0.493 e. The van der Waals surface area contributed by atoms with E-state index < -0.39 is 0 Å². The number of nitrogens with zero attached hydrogens (tertiary/aromatic N) is 1. The Kier molecular flexibility index (Phi) is 5.21. The SMILES string of the molecule is CN(C)C(=O)CCNC1CCCOc2cc3c(cc21)CCCC3. The molecule has 0 bridgehead atoms. The van der Waals surface area contributed by atoms with Crippen molar-refractivity contribution in [1.82, 2.24) is 10.2 Å². The van der Waals surface area contributed by atoms with Gasteiger partial charge in [0.1, 0.15) is 5.75 Å². The van der Waals surface area contributed by atoms with Gasteiger partial charge < -0.3 is 15.0 Å². The second-order valence-corrected chi connectivity index (χ2v) is 6.90. The lowest BCUT2D eigenvalue weighted by atomic mass is 9.88. The number of benzene rings is 1. The first-order valence-electron chi connectivity index (χ1n) is 8.87. The maximum absolute atomic E-state index is 11.8. The molecule has 23 heavy (non-hydrogen) atoms. The molecule has 1 aromatic carbocycles. The van der Waals surface area contributed by atoms with Crippen LogP contribution in [0, 0.1) is 0 Å². The molecule has 1 aliphatic heterocycles. The van der Waals surface area contributed by atoms with Crippen molar-refractivity contribution in [3.63, 3.8) is 0 Å². The summed E-state index contributed by atoms with van der Waals surface area (Å²) in [6.45, 7) is 1.51. The van der Waals surface area contributed by atoms with Gasteiger partial charge in [-0.05, 0) is 55.7 Å². The van der Waals surface area contributed by atoms with Gasteiger partial charge in [0, 0.05) is 38.7 Å². The molecule has 1 amide bonds. The van der Waals surface area contributed by atoms with Gasteiger partial charge in [0.05, 0.1) is 6.61 Å². The first kappa shape index (κ1) is 16.3. The zero-order chi connectivity index (χ0) is 16.2. The topological polar surface area (TPSA) is 41.6 Å². The number of ether oxygens (including phenoxy) is 1. The van der Waals surface area contributed by atoms with E-state index in [1.807, 2.05) is 14.1 Å². The third kappa shape index (κ3) is 3.86. The van der Waals surface area contributed by atoms with Crippen molar-refractivity contribution in [2.75, 3.05) is 27.2 Å². The van der Waals surface area contributed by atoms with Crippen molar-refractivity contribution in [2.24, 2.45) is 0 Å². The fourth-order valence-corrected chi connectivity index (χ4v) is 3.59. The molecule has 2 aliphatic rings. The first-order valence-corrected chi connectivity index (χ1v) is 8.87. The first-order chi connectivity index (χ1) is 11.1. The molecule has 1 N–H and O–H groups in total. The van der Waals surface area contributed by atoms with Crippen LogP contribution in [0.2, 0.25) is 0 Å². The van der Waals surface area contributed by atoms with Crippen LogP contribution >= 0.6 is 0 Å². The third-order valence-electron chi connectivity index (χ3n) is 4.97. The van der Waals surface area contributed by atoms with Gasteiger partial charge in [-0.3, -0.25) is 4.79 Å². The monoisotopic (exact) mass is 316 g/mol. The van der Waals surface area contributed by atoms with E-state index in [0.717, 1.165) is 31.7 Å². The van der Waals surface area contributed by atoms with E-state index in [0.29, 0.717) is 12.5 Å². The zero-order valence-corrected chi connectivity index (χ0v) is 14.4. The Labute approximate surface area is 139 Å². The molecule has 3 rings (SSSR count). The number of hydrogen-bond donors (Lipinski definition) is 1. The molecule has 4 heteroatoms. The summed E-state index contributed by atoms with van der Waals surface area (Å²) in [4.78, 5) is 13.4. The number of hydrogen-bond acceptors (Lipinski definition) is 3. The van der Waals surface area contributed by atoms with E-state index in [-0.39, 0.29) is 5.91 Å². The van der Waals surface area contributed by atoms with Crippen molar-refractivity contribution >= 4 is 5.91 Å². The van der Waals surface area contributed by atoms with E-state index in [9.17, 15) is 4.79 Å². The van der Waals surface area contributed by atoms with E-state index >= 15 is 0 Å². The van der Waals surface area contributed by atoms with E-state index in [2.05, 4.69) is 17.4 Å². The molecular formula is C19H28N2O2. The molecule has 126 valence electrons. The number of aryl methyl sites for hydroxylation is 2. The number of rotatable bonds is 4. The summed E-state index contributed by atoms with van der Waals surface area (Å²) in [5.41, 5.74) is 4.26. The molecule has 0 saturated heterocycles. The van der Waals surface area contributed by atoms with Crippen molar-refractivity contribution < 1.29 is 9.53 Å². The van der Waals surface area contributed by atoms with Gasteiger partial charge in [-0.2, -0.15) is 0 Å². The number of carbonyl (C=O) groups excluding carboxylic acids is 1.